The number of carbonyl (C=O) groups is 2. The second-order valence-corrected chi connectivity index (χ2v) is 5.91. The lowest BCUT2D eigenvalue weighted by Crippen LogP contribution is -2.46. The minimum atomic E-state index is -0.292. The number of carbonyl (C=O) groups excluding carboxylic acids is 2. The van der Waals surface area contributed by atoms with Crippen LogP contribution in [-0.2, 0) is 11.2 Å². The van der Waals surface area contributed by atoms with Gasteiger partial charge >= 0.3 is 6.03 Å². The molecule has 1 fully saturated rings. The van der Waals surface area contributed by atoms with Crippen LogP contribution in [-0.4, -0.2) is 41.5 Å². The van der Waals surface area contributed by atoms with Gasteiger partial charge in [0.25, 0.3) is 0 Å². The molecular weight excluding hydrogens is 280 g/mol. The number of hydrogen-bond acceptors (Lipinski definition) is 3. The first kappa shape index (κ1) is 16.3. The van der Waals surface area contributed by atoms with Crippen molar-refractivity contribution >= 4 is 11.9 Å². The van der Waals surface area contributed by atoms with Crippen molar-refractivity contribution in [2.75, 3.05) is 19.6 Å². The van der Waals surface area contributed by atoms with Crippen LogP contribution in [0.25, 0.3) is 0 Å². The molecule has 0 spiro atoms. The van der Waals surface area contributed by atoms with Gasteiger partial charge in [0.2, 0.25) is 5.91 Å². The molecular formula is C16H24N4O2. The van der Waals surface area contributed by atoms with E-state index in [1.807, 2.05) is 25.3 Å². The van der Waals surface area contributed by atoms with Crippen LogP contribution in [0.1, 0.15) is 30.5 Å². The molecule has 6 heteroatoms. The summed E-state index contributed by atoms with van der Waals surface area (Å²) in [6, 6.07) is 3.93. The molecule has 6 nitrogen and oxygen atoms in total. The van der Waals surface area contributed by atoms with Crippen molar-refractivity contribution < 1.29 is 9.59 Å². The molecule has 2 rings (SSSR count). The van der Waals surface area contributed by atoms with Gasteiger partial charge in [-0.1, -0.05) is 6.07 Å². The highest BCUT2D eigenvalue weighted by Crippen LogP contribution is 2.19. The average molecular weight is 304 g/mol. The number of primary amides is 1. The first-order valence-electron chi connectivity index (χ1n) is 7.77. The lowest BCUT2D eigenvalue weighted by Gasteiger charge is -2.32. The molecule has 1 aliphatic heterocycles. The van der Waals surface area contributed by atoms with Gasteiger partial charge in [0.15, 0.2) is 0 Å². The molecule has 120 valence electrons. The molecule has 2 heterocycles. The minimum Gasteiger partial charge on any atom is -0.370 e. The van der Waals surface area contributed by atoms with Gasteiger partial charge < -0.3 is 16.0 Å². The van der Waals surface area contributed by atoms with Crippen LogP contribution in [0, 0.1) is 12.8 Å². The summed E-state index contributed by atoms with van der Waals surface area (Å²) in [6.07, 6.45) is 4.84. The number of likely N-dealkylation sites (tertiary alicyclic amines) is 1. The highest BCUT2D eigenvalue weighted by Gasteiger charge is 2.24. The van der Waals surface area contributed by atoms with Crippen LogP contribution < -0.4 is 11.1 Å². The molecule has 1 saturated heterocycles. The quantitative estimate of drug-likeness (QED) is 0.857. The predicted octanol–water partition coefficient (Wildman–Crippen LogP) is 1.23. The Kier molecular flexibility index (Phi) is 5.75. The molecule has 0 bridgehead atoms. The maximum Gasteiger partial charge on any atom is 0.317 e. The molecule has 1 unspecified atom stereocenters. The van der Waals surface area contributed by atoms with E-state index in [0.717, 1.165) is 37.1 Å². The third-order valence-corrected chi connectivity index (χ3v) is 3.96. The number of aryl methyl sites for hydroxylation is 1. The summed E-state index contributed by atoms with van der Waals surface area (Å²) in [5.41, 5.74) is 7.33. The smallest absolute Gasteiger partial charge is 0.317 e. The van der Waals surface area contributed by atoms with E-state index in [9.17, 15) is 9.59 Å². The standard InChI is InChI=1S/C16H24N4O2/c1-12-4-5-13(10-19-12)6-7-18-16(22)20-8-2-3-14(11-20)9-15(17)21/h4-5,10,14H,2-3,6-9,11H2,1H3,(H2,17,21)(H,18,22). The number of aromatic nitrogens is 1. The number of amides is 3. The molecule has 0 aliphatic carbocycles. The first-order chi connectivity index (χ1) is 10.5. The van der Waals surface area contributed by atoms with E-state index in [-0.39, 0.29) is 17.9 Å². The van der Waals surface area contributed by atoms with Gasteiger partial charge in [0.05, 0.1) is 0 Å². The molecule has 1 atom stereocenters. The fourth-order valence-corrected chi connectivity index (χ4v) is 2.77. The van der Waals surface area contributed by atoms with E-state index in [1.165, 1.54) is 0 Å². The predicted molar refractivity (Wildman–Crippen MR) is 84.2 cm³/mol. The Morgan fingerprint density at radius 2 is 2.27 bits per heavy atom. The van der Waals surface area contributed by atoms with Gasteiger partial charge in [-0.15, -0.1) is 0 Å². The first-order valence-corrected chi connectivity index (χ1v) is 7.77. The van der Waals surface area contributed by atoms with E-state index in [2.05, 4.69) is 10.3 Å². The summed E-state index contributed by atoms with van der Waals surface area (Å²) >= 11 is 0. The van der Waals surface area contributed by atoms with Crippen LogP contribution >= 0.6 is 0 Å². The number of rotatable bonds is 5. The van der Waals surface area contributed by atoms with Gasteiger partial charge in [-0.3, -0.25) is 9.78 Å². The average Bonchev–Trinajstić information content (AvgIpc) is 2.49. The monoisotopic (exact) mass is 304 g/mol. The molecule has 0 saturated carbocycles. The van der Waals surface area contributed by atoms with Crippen LogP contribution in [0.15, 0.2) is 18.3 Å². The fraction of sp³-hybridized carbons (Fsp3) is 0.562. The Balaban J connectivity index is 1.74. The van der Waals surface area contributed by atoms with Crippen LogP contribution in [0.2, 0.25) is 0 Å². The van der Waals surface area contributed by atoms with E-state index in [0.29, 0.717) is 19.5 Å². The number of urea groups is 1. The van der Waals surface area contributed by atoms with Gasteiger partial charge in [-0.25, -0.2) is 4.79 Å². The van der Waals surface area contributed by atoms with Crippen molar-refractivity contribution in [3.63, 3.8) is 0 Å². The zero-order valence-electron chi connectivity index (χ0n) is 13.0. The molecule has 1 aliphatic rings. The number of nitrogens with zero attached hydrogens (tertiary/aromatic N) is 2. The number of pyridine rings is 1. The summed E-state index contributed by atoms with van der Waals surface area (Å²) in [6.45, 7) is 3.89. The van der Waals surface area contributed by atoms with Crippen molar-refractivity contribution in [1.29, 1.82) is 0 Å². The topological polar surface area (TPSA) is 88.3 Å². The highest BCUT2D eigenvalue weighted by molar-refractivity contribution is 5.75. The third-order valence-electron chi connectivity index (χ3n) is 3.96. The molecule has 0 radical (unpaired) electrons. The molecule has 22 heavy (non-hydrogen) atoms. The SMILES string of the molecule is Cc1ccc(CCNC(=O)N2CCCC(CC(N)=O)C2)cn1. The third kappa shape index (κ3) is 5.02. The Labute approximate surface area is 131 Å². The minimum absolute atomic E-state index is 0.0609. The van der Waals surface area contributed by atoms with Crippen molar-refractivity contribution in [2.24, 2.45) is 11.7 Å². The van der Waals surface area contributed by atoms with Gasteiger partial charge in [0, 0.05) is 37.9 Å². The highest BCUT2D eigenvalue weighted by atomic mass is 16.2. The van der Waals surface area contributed by atoms with E-state index >= 15 is 0 Å². The largest absolute Gasteiger partial charge is 0.370 e. The van der Waals surface area contributed by atoms with Gasteiger partial charge in [-0.2, -0.15) is 0 Å². The normalized spacial score (nSPS) is 18.0. The Hall–Kier alpha value is -2.11. The van der Waals surface area contributed by atoms with Crippen LogP contribution in [0.5, 0.6) is 0 Å². The van der Waals surface area contributed by atoms with Crippen molar-refractivity contribution in [3.8, 4) is 0 Å². The number of hydrogen-bond donors (Lipinski definition) is 2. The maximum atomic E-state index is 12.2. The van der Waals surface area contributed by atoms with Crippen molar-refractivity contribution in [2.45, 2.75) is 32.6 Å². The Morgan fingerprint density at radius 3 is 2.95 bits per heavy atom. The summed E-state index contributed by atoms with van der Waals surface area (Å²) in [4.78, 5) is 29.2. The summed E-state index contributed by atoms with van der Waals surface area (Å²) in [7, 11) is 0. The molecule has 1 aromatic heterocycles. The fourth-order valence-electron chi connectivity index (χ4n) is 2.77. The van der Waals surface area contributed by atoms with Gasteiger partial charge in [0.1, 0.15) is 0 Å². The van der Waals surface area contributed by atoms with Crippen molar-refractivity contribution in [1.82, 2.24) is 15.2 Å². The Bertz CT molecular complexity index is 515. The number of nitrogens with one attached hydrogen (secondary N) is 1. The zero-order chi connectivity index (χ0) is 15.9. The molecule has 0 aromatic carbocycles. The van der Waals surface area contributed by atoms with Crippen LogP contribution in [0.4, 0.5) is 4.79 Å². The van der Waals surface area contributed by atoms with E-state index in [4.69, 9.17) is 5.73 Å². The molecule has 3 N–H and O–H groups in total. The second-order valence-electron chi connectivity index (χ2n) is 5.91. The molecule has 3 amide bonds. The molecule has 1 aromatic rings. The lowest BCUT2D eigenvalue weighted by atomic mass is 9.95. The Morgan fingerprint density at radius 1 is 1.45 bits per heavy atom. The van der Waals surface area contributed by atoms with E-state index in [1.54, 1.807) is 4.90 Å². The summed E-state index contributed by atoms with van der Waals surface area (Å²) < 4.78 is 0. The summed E-state index contributed by atoms with van der Waals surface area (Å²) in [5, 5.41) is 2.93. The van der Waals surface area contributed by atoms with Gasteiger partial charge in [-0.05, 0) is 43.7 Å². The lowest BCUT2D eigenvalue weighted by molar-refractivity contribution is -0.119. The summed E-state index contributed by atoms with van der Waals surface area (Å²) in [5.74, 6) is -0.0996. The number of nitrogens with two attached hydrogens (primary N) is 1. The van der Waals surface area contributed by atoms with E-state index < -0.39 is 0 Å². The second kappa shape index (κ2) is 7.77. The maximum absolute atomic E-state index is 12.2. The van der Waals surface area contributed by atoms with Crippen LogP contribution in [0.3, 0.4) is 0 Å². The van der Waals surface area contributed by atoms with Crippen molar-refractivity contribution in [3.05, 3.63) is 29.6 Å². The number of piperidine rings is 1. The zero-order valence-corrected chi connectivity index (χ0v) is 13.0.